The topological polar surface area (TPSA) is 57.4 Å². The summed E-state index contributed by atoms with van der Waals surface area (Å²) >= 11 is 6.07. The highest BCUT2D eigenvalue weighted by Gasteiger charge is 2.36. The highest BCUT2D eigenvalue weighted by molar-refractivity contribution is 6.74. The van der Waals surface area contributed by atoms with Gasteiger partial charge in [0.25, 0.3) is 0 Å². The van der Waals surface area contributed by atoms with Crippen molar-refractivity contribution in [1.29, 1.82) is 0 Å². The molecule has 1 aromatic heterocycles. The van der Waals surface area contributed by atoms with Gasteiger partial charge in [0.05, 0.1) is 6.61 Å². The molecule has 0 fully saturated rings. The summed E-state index contributed by atoms with van der Waals surface area (Å²) in [5, 5.41) is 0.365. The molecule has 2 N–H and O–H groups in total. The van der Waals surface area contributed by atoms with Gasteiger partial charge in [-0.15, -0.1) is 0 Å². The number of pyridine rings is 1. The van der Waals surface area contributed by atoms with E-state index in [-0.39, 0.29) is 16.0 Å². The van der Waals surface area contributed by atoms with Gasteiger partial charge in [0.15, 0.2) is 8.32 Å². The van der Waals surface area contributed by atoms with Crippen LogP contribution in [-0.4, -0.2) is 26.5 Å². The monoisotopic (exact) mass is 396 g/mol. The number of aromatic nitrogens is 1. The molecule has 2 rings (SSSR count). The zero-order chi connectivity index (χ0) is 19.5. The largest absolute Gasteiger partial charge is 0.475 e. The number of halogens is 2. The Morgan fingerprint density at radius 2 is 1.85 bits per heavy atom. The van der Waals surface area contributed by atoms with Gasteiger partial charge in [0.2, 0.25) is 5.88 Å². The van der Waals surface area contributed by atoms with Gasteiger partial charge in [-0.25, -0.2) is 9.37 Å². The lowest BCUT2D eigenvalue weighted by Gasteiger charge is -2.36. The summed E-state index contributed by atoms with van der Waals surface area (Å²) in [6.07, 6.45) is 0. The van der Waals surface area contributed by atoms with Gasteiger partial charge in [-0.3, -0.25) is 0 Å². The van der Waals surface area contributed by atoms with Crippen molar-refractivity contribution in [3.8, 4) is 17.0 Å². The van der Waals surface area contributed by atoms with Crippen LogP contribution in [-0.2, 0) is 4.43 Å². The first-order valence-corrected chi connectivity index (χ1v) is 11.8. The molecule has 0 aliphatic heterocycles. The van der Waals surface area contributed by atoms with Crippen LogP contribution in [0.15, 0.2) is 30.3 Å². The summed E-state index contributed by atoms with van der Waals surface area (Å²) in [7, 11) is -1.82. The molecule has 7 heteroatoms. The Morgan fingerprint density at radius 3 is 2.50 bits per heavy atom. The van der Waals surface area contributed by atoms with E-state index in [1.807, 2.05) is 0 Å². The molecule has 2 aromatic rings. The number of nitrogens with zero attached hydrogens (tertiary/aromatic N) is 1. The number of ether oxygens (including phenoxy) is 1. The third kappa shape index (κ3) is 5.19. The van der Waals surface area contributed by atoms with Crippen molar-refractivity contribution in [2.45, 2.75) is 38.9 Å². The predicted molar refractivity (Wildman–Crippen MR) is 108 cm³/mol. The van der Waals surface area contributed by atoms with Gasteiger partial charge in [-0.2, -0.15) is 0 Å². The van der Waals surface area contributed by atoms with E-state index >= 15 is 0 Å². The van der Waals surface area contributed by atoms with Crippen LogP contribution in [0.3, 0.4) is 0 Å². The number of nitrogens with two attached hydrogens (primary N) is 1. The first-order valence-electron chi connectivity index (χ1n) is 8.49. The molecule has 0 saturated carbocycles. The van der Waals surface area contributed by atoms with Crippen molar-refractivity contribution < 1.29 is 13.6 Å². The lowest BCUT2D eigenvalue weighted by atomic mass is 10.1. The number of nitrogen functional groups attached to an aromatic ring is 1. The normalized spacial score (nSPS) is 12.3. The minimum absolute atomic E-state index is 0.138. The Kier molecular flexibility index (Phi) is 6.32. The second-order valence-corrected chi connectivity index (χ2v) is 12.9. The van der Waals surface area contributed by atoms with Crippen molar-refractivity contribution in [2.24, 2.45) is 0 Å². The first-order chi connectivity index (χ1) is 12.0. The van der Waals surface area contributed by atoms with Crippen LogP contribution in [0.2, 0.25) is 23.3 Å². The molecular weight excluding hydrogens is 371 g/mol. The fourth-order valence-electron chi connectivity index (χ4n) is 2.13. The van der Waals surface area contributed by atoms with Gasteiger partial charge in [0.1, 0.15) is 17.6 Å². The Hall–Kier alpha value is -1.63. The van der Waals surface area contributed by atoms with Crippen LogP contribution in [0.1, 0.15) is 20.8 Å². The molecular formula is C19H26ClFN2O2Si. The molecule has 0 atom stereocenters. The smallest absolute Gasteiger partial charge is 0.215 e. The van der Waals surface area contributed by atoms with Crippen LogP contribution in [0.25, 0.3) is 11.1 Å². The van der Waals surface area contributed by atoms with Crippen LogP contribution in [0.4, 0.5) is 10.1 Å². The van der Waals surface area contributed by atoms with Crippen LogP contribution >= 0.6 is 11.6 Å². The second kappa shape index (κ2) is 7.94. The van der Waals surface area contributed by atoms with E-state index in [1.165, 1.54) is 12.1 Å². The number of hydrogen-bond acceptors (Lipinski definition) is 4. The van der Waals surface area contributed by atoms with E-state index in [0.717, 1.165) is 0 Å². The number of hydrogen-bond donors (Lipinski definition) is 1. The molecule has 26 heavy (non-hydrogen) atoms. The zero-order valence-electron chi connectivity index (χ0n) is 15.9. The average Bonchev–Trinajstić information content (AvgIpc) is 2.52. The summed E-state index contributed by atoms with van der Waals surface area (Å²) < 4.78 is 25.8. The Bertz CT molecular complexity index is 779. The predicted octanol–water partition coefficient (Wildman–Crippen LogP) is 5.52. The SMILES string of the molecule is CC(C)(C)[Si](C)(C)OCCOc1cc(-c2cc(N)ccc2F)cc(Cl)n1. The number of rotatable bonds is 6. The fourth-order valence-corrected chi connectivity index (χ4v) is 3.35. The Balaban J connectivity index is 2.08. The lowest BCUT2D eigenvalue weighted by Crippen LogP contribution is -2.41. The summed E-state index contributed by atoms with van der Waals surface area (Å²) in [5.74, 6) is -0.0539. The Morgan fingerprint density at radius 1 is 1.15 bits per heavy atom. The van der Waals surface area contributed by atoms with E-state index in [4.69, 9.17) is 26.5 Å². The van der Waals surface area contributed by atoms with Gasteiger partial charge >= 0.3 is 0 Å². The highest BCUT2D eigenvalue weighted by atomic mass is 35.5. The molecule has 0 unspecified atom stereocenters. The molecule has 0 saturated heterocycles. The number of benzene rings is 1. The molecule has 142 valence electrons. The molecule has 0 spiro atoms. The Labute approximate surface area is 160 Å². The molecule has 0 bridgehead atoms. The molecule has 4 nitrogen and oxygen atoms in total. The summed E-state index contributed by atoms with van der Waals surface area (Å²) in [6.45, 7) is 11.7. The quantitative estimate of drug-likeness (QED) is 0.302. The average molecular weight is 397 g/mol. The summed E-state index contributed by atoms with van der Waals surface area (Å²) in [6, 6.07) is 7.63. The van der Waals surface area contributed by atoms with Crippen LogP contribution < -0.4 is 10.5 Å². The maximum absolute atomic E-state index is 14.1. The summed E-state index contributed by atoms with van der Waals surface area (Å²) in [4.78, 5) is 4.14. The molecule has 1 heterocycles. The highest BCUT2D eigenvalue weighted by Crippen LogP contribution is 2.36. The molecule has 1 aromatic carbocycles. The van der Waals surface area contributed by atoms with Crippen LogP contribution in [0.5, 0.6) is 5.88 Å². The van der Waals surface area contributed by atoms with Crippen molar-refractivity contribution in [2.75, 3.05) is 18.9 Å². The fraction of sp³-hybridized carbons (Fsp3) is 0.421. The van der Waals surface area contributed by atoms with Crippen molar-refractivity contribution in [3.05, 3.63) is 41.3 Å². The van der Waals surface area contributed by atoms with Gasteiger partial charge in [-0.05, 0) is 48.0 Å². The van der Waals surface area contributed by atoms with E-state index in [1.54, 1.807) is 18.2 Å². The first kappa shape index (κ1) is 20.7. The molecule has 0 radical (unpaired) electrons. The van der Waals surface area contributed by atoms with Gasteiger partial charge in [0, 0.05) is 17.3 Å². The zero-order valence-corrected chi connectivity index (χ0v) is 17.7. The standard InChI is InChI=1S/C19H26ClFN2O2Si/c1-19(2,3)26(4,5)25-9-8-24-18-11-13(10-17(20)23-18)15-12-14(22)6-7-16(15)21/h6-7,10-12H,8-9,22H2,1-5H3. The number of anilines is 1. The van der Waals surface area contributed by atoms with E-state index in [2.05, 4.69) is 38.8 Å². The third-order valence-corrected chi connectivity index (χ3v) is 9.41. The van der Waals surface area contributed by atoms with E-state index < -0.39 is 8.32 Å². The van der Waals surface area contributed by atoms with Gasteiger partial charge in [-0.1, -0.05) is 32.4 Å². The minimum atomic E-state index is -1.82. The second-order valence-electron chi connectivity index (χ2n) is 7.71. The van der Waals surface area contributed by atoms with E-state index in [9.17, 15) is 4.39 Å². The third-order valence-electron chi connectivity index (χ3n) is 4.67. The molecule has 0 aliphatic rings. The maximum Gasteiger partial charge on any atom is 0.215 e. The van der Waals surface area contributed by atoms with Crippen molar-refractivity contribution >= 4 is 25.6 Å². The molecule has 0 aliphatic carbocycles. The van der Waals surface area contributed by atoms with Crippen molar-refractivity contribution in [1.82, 2.24) is 4.98 Å². The summed E-state index contributed by atoms with van der Waals surface area (Å²) in [5.41, 5.74) is 7.15. The van der Waals surface area contributed by atoms with Crippen molar-refractivity contribution in [3.63, 3.8) is 0 Å². The lowest BCUT2D eigenvalue weighted by molar-refractivity contribution is 0.199. The van der Waals surface area contributed by atoms with E-state index in [0.29, 0.717) is 35.9 Å². The minimum Gasteiger partial charge on any atom is -0.475 e. The van der Waals surface area contributed by atoms with Gasteiger partial charge < -0.3 is 14.9 Å². The van der Waals surface area contributed by atoms with Crippen LogP contribution in [0, 0.1) is 5.82 Å². The maximum atomic E-state index is 14.1. The molecule has 0 amide bonds.